The molecule has 12 heavy (non-hydrogen) atoms. The minimum atomic E-state index is 0.0300. The second-order valence-electron chi connectivity index (χ2n) is 2.73. The Morgan fingerprint density at radius 2 is 2.08 bits per heavy atom. The van der Waals surface area contributed by atoms with Crippen molar-refractivity contribution >= 4 is 27.4 Å². The Hall–Kier alpha value is -0.830. The van der Waals surface area contributed by atoms with Crippen LogP contribution in [0.2, 0.25) is 0 Å². The molecule has 1 aromatic carbocycles. The largest absolute Gasteiger partial charge is 0.398 e. The van der Waals surface area contributed by atoms with E-state index in [1.54, 1.807) is 12.1 Å². The highest BCUT2D eigenvalue weighted by molar-refractivity contribution is 9.10. The van der Waals surface area contributed by atoms with E-state index in [-0.39, 0.29) is 5.78 Å². The van der Waals surface area contributed by atoms with Gasteiger partial charge in [-0.3, -0.25) is 4.79 Å². The molecule has 0 spiro atoms. The van der Waals surface area contributed by atoms with Gasteiger partial charge in [0.05, 0.1) is 0 Å². The van der Waals surface area contributed by atoms with Crippen molar-refractivity contribution in [3.63, 3.8) is 0 Å². The van der Waals surface area contributed by atoms with Crippen LogP contribution in [0.15, 0.2) is 16.6 Å². The number of ketones is 1. The van der Waals surface area contributed by atoms with Crippen molar-refractivity contribution in [3.05, 3.63) is 27.7 Å². The number of nitrogens with two attached hydrogens (primary N) is 1. The molecule has 2 nitrogen and oxygen atoms in total. The molecule has 0 unspecified atom stereocenters. The average Bonchev–Trinajstić information content (AvgIpc) is 1.99. The van der Waals surface area contributed by atoms with Crippen LogP contribution in [0.3, 0.4) is 0 Å². The highest BCUT2D eigenvalue weighted by Gasteiger charge is 2.05. The number of rotatable bonds is 1. The zero-order valence-electron chi connectivity index (χ0n) is 7.02. The van der Waals surface area contributed by atoms with Crippen molar-refractivity contribution in [2.75, 3.05) is 5.73 Å². The van der Waals surface area contributed by atoms with Crippen LogP contribution in [0.5, 0.6) is 0 Å². The van der Waals surface area contributed by atoms with Gasteiger partial charge < -0.3 is 5.73 Å². The summed E-state index contributed by atoms with van der Waals surface area (Å²) < 4.78 is 0.882. The molecule has 0 amide bonds. The van der Waals surface area contributed by atoms with Gasteiger partial charge in [0.1, 0.15) is 0 Å². The van der Waals surface area contributed by atoms with Gasteiger partial charge in [-0.25, -0.2) is 0 Å². The van der Waals surface area contributed by atoms with E-state index in [0.29, 0.717) is 11.3 Å². The maximum atomic E-state index is 11.0. The molecule has 0 aliphatic rings. The predicted octanol–water partition coefficient (Wildman–Crippen LogP) is 2.54. The van der Waals surface area contributed by atoms with Gasteiger partial charge in [-0.2, -0.15) is 0 Å². The number of benzene rings is 1. The molecular formula is C9H10BrNO. The standard InChI is InChI=1S/C9H10BrNO/c1-5-8(10)3-7(6(2)12)4-9(5)11/h3-4H,11H2,1-2H3. The van der Waals surface area contributed by atoms with E-state index < -0.39 is 0 Å². The molecule has 2 N–H and O–H groups in total. The summed E-state index contributed by atoms with van der Waals surface area (Å²) in [6, 6.07) is 3.48. The van der Waals surface area contributed by atoms with Gasteiger partial charge in [0.2, 0.25) is 0 Å². The molecule has 64 valence electrons. The highest BCUT2D eigenvalue weighted by Crippen LogP contribution is 2.23. The minimum Gasteiger partial charge on any atom is -0.398 e. The van der Waals surface area contributed by atoms with Crippen molar-refractivity contribution in [3.8, 4) is 0 Å². The third-order valence-corrected chi connectivity index (χ3v) is 2.61. The molecule has 0 saturated carbocycles. The van der Waals surface area contributed by atoms with Crippen LogP contribution >= 0.6 is 15.9 Å². The van der Waals surface area contributed by atoms with Gasteiger partial charge in [-0.1, -0.05) is 15.9 Å². The summed E-state index contributed by atoms with van der Waals surface area (Å²) in [6.45, 7) is 3.43. The maximum absolute atomic E-state index is 11.0. The van der Waals surface area contributed by atoms with Crippen molar-refractivity contribution < 1.29 is 4.79 Å². The monoisotopic (exact) mass is 227 g/mol. The normalized spacial score (nSPS) is 9.92. The molecule has 0 bridgehead atoms. The van der Waals surface area contributed by atoms with Crippen LogP contribution in [0.4, 0.5) is 5.69 Å². The molecule has 0 radical (unpaired) electrons. The minimum absolute atomic E-state index is 0.0300. The third kappa shape index (κ3) is 1.67. The van der Waals surface area contributed by atoms with Gasteiger partial charge in [0.15, 0.2) is 5.78 Å². The lowest BCUT2D eigenvalue weighted by Crippen LogP contribution is -1.97. The van der Waals surface area contributed by atoms with Crippen molar-refractivity contribution in [2.24, 2.45) is 0 Å². The maximum Gasteiger partial charge on any atom is 0.159 e. The molecule has 0 heterocycles. The number of nitrogen functional groups attached to an aromatic ring is 1. The molecule has 3 heteroatoms. The average molecular weight is 228 g/mol. The second-order valence-corrected chi connectivity index (χ2v) is 3.58. The Labute approximate surface area is 79.9 Å². The summed E-state index contributed by atoms with van der Waals surface area (Å²) in [6.07, 6.45) is 0. The Balaban J connectivity index is 3.31. The van der Waals surface area contributed by atoms with E-state index in [1.165, 1.54) is 6.92 Å². The molecule has 0 saturated heterocycles. The molecule has 1 rings (SSSR count). The number of carbonyl (C=O) groups is 1. The third-order valence-electron chi connectivity index (χ3n) is 1.79. The van der Waals surface area contributed by atoms with E-state index in [0.717, 1.165) is 10.0 Å². The van der Waals surface area contributed by atoms with Gasteiger partial charge in [-0.15, -0.1) is 0 Å². The Kier molecular flexibility index (Phi) is 2.52. The van der Waals surface area contributed by atoms with E-state index in [9.17, 15) is 4.79 Å². The molecule has 0 aromatic heterocycles. The molecule has 0 fully saturated rings. The van der Waals surface area contributed by atoms with Gasteiger partial charge in [0, 0.05) is 15.7 Å². The first-order valence-electron chi connectivity index (χ1n) is 3.59. The molecule has 1 aromatic rings. The molecular weight excluding hydrogens is 218 g/mol. The van der Waals surface area contributed by atoms with Crippen LogP contribution in [0, 0.1) is 6.92 Å². The lowest BCUT2D eigenvalue weighted by molar-refractivity contribution is 0.101. The first-order valence-corrected chi connectivity index (χ1v) is 4.38. The fraction of sp³-hybridized carbons (Fsp3) is 0.222. The fourth-order valence-corrected chi connectivity index (χ4v) is 1.38. The van der Waals surface area contributed by atoms with E-state index in [4.69, 9.17) is 5.73 Å². The topological polar surface area (TPSA) is 43.1 Å². The summed E-state index contributed by atoms with van der Waals surface area (Å²) in [5.74, 6) is 0.0300. The quantitative estimate of drug-likeness (QED) is 0.592. The number of Topliss-reactive ketones (excluding diaryl/α,β-unsaturated/α-hetero) is 1. The van der Waals surface area contributed by atoms with Gasteiger partial charge in [0.25, 0.3) is 0 Å². The highest BCUT2D eigenvalue weighted by atomic mass is 79.9. The second kappa shape index (κ2) is 3.27. The Morgan fingerprint density at radius 3 is 2.50 bits per heavy atom. The Morgan fingerprint density at radius 1 is 1.50 bits per heavy atom. The lowest BCUT2D eigenvalue weighted by Gasteiger charge is -2.04. The first kappa shape index (κ1) is 9.26. The molecule has 0 aliphatic heterocycles. The summed E-state index contributed by atoms with van der Waals surface area (Å²) in [4.78, 5) is 11.0. The summed E-state index contributed by atoms with van der Waals surface area (Å²) in [5.41, 5.74) is 7.94. The summed E-state index contributed by atoms with van der Waals surface area (Å²) in [7, 11) is 0. The molecule has 0 aliphatic carbocycles. The number of hydrogen-bond donors (Lipinski definition) is 1. The Bertz CT molecular complexity index is 310. The first-order chi connectivity index (χ1) is 5.52. The van der Waals surface area contributed by atoms with Gasteiger partial charge >= 0.3 is 0 Å². The van der Waals surface area contributed by atoms with Crippen molar-refractivity contribution in [2.45, 2.75) is 13.8 Å². The van der Waals surface area contributed by atoms with Crippen molar-refractivity contribution in [1.29, 1.82) is 0 Å². The lowest BCUT2D eigenvalue weighted by atomic mass is 10.1. The number of halogens is 1. The molecule has 0 atom stereocenters. The zero-order valence-corrected chi connectivity index (χ0v) is 8.60. The smallest absolute Gasteiger partial charge is 0.159 e. The predicted molar refractivity (Wildman–Crippen MR) is 53.3 cm³/mol. The van der Waals surface area contributed by atoms with Crippen LogP contribution < -0.4 is 5.73 Å². The number of carbonyl (C=O) groups excluding carboxylic acids is 1. The van der Waals surface area contributed by atoms with Crippen LogP contribution in [0.1, 0.15) is 22.8 Å². The summed E-state index contributed by atoms with van der Waals surface area (Å²) in [5, 5.41) is 0. The number of hydrogen-bond acceptors (Lipinski definition) is 2. The zero-order chi connectivity index (χ0) is 9.30. The van der Waals surface area contributed by atoms with Crippen LogP contribution in [0.25, 0.3) is 0 Å². The van der Waals surface area contributed by atoms with Gasteiger partial charge in [-0.05, 0) is 31.5 Å². The van der Waals surface area contributed by atoms with Crippen LogP contribution in [-0.2, 0) is 0 Å². The number of anilines is 1. The van der Waals surface area contributed by atoms with Crippen molar-refractivity contribution in [1.82, 2.24) is 0 Å². The van der Waals surface area contributed by atoms with E-state index in [1.807, 2.05) is 6.92 Å². The summed E-state index contributed by atoms with van der Waals surface area (Å²) >= 11 is 3.33. The van der Waals surface area contributed by atoms with E-state index in [2.05, 4.69) is 15.9 Å². The fourth-order valence-electron chi connectivity index (χ4n) is 0.903. The van der Waals surface area contributed by atoms with Crippen LogP contribution in [-0.4, -0.2) is 5.78 Å². The van der Waals surface area contributed by atoms with E-state index >= 15 is 0 Å². The SMILES string of the molecule is CC(=O)c1cc(N)c(C)c(Br)c1.